The van der Waals surface area contributed by atoms with Crippen LogP contribution in [0.15, 0.2) is 52.4 Å². The Bertz CT molecular complexity index is 1050. The lowest BCUT2D eigenvalue weighted by Crippen LogP contribution is -2.28. The summed E-state index contributed by atoms with van der Waals surface area (Å²) in [4.78, 5) is 30.4. The molecule has 0 aliphatic carbocycles. The zero-order valence-electron chi connectivity index (χ0n) is 17.6. The summed E-state index contributed by atoms with van der Waals surface area (Å²) in [5.74, 6) is 0.00964. The minimum absolute atomic E-state index is 0.0581. The van der Waals surface area contributed by atoms with Crippen LogP contribution in [-0.4, -0.2) is 47.2 Å². The third-order valence-electron chi connectivity index (χ3n) is 4.55. The number of carbonyl (C=O) groups excluding carboxylic acids is 1. The Morgan fingerprint density at radius 1 is 1.19 bits per heavy atom. The Morgan fingerprint density at radius 3 is 2.68 bits per heavy atom. The van der Waals surface area contributed by atoms with E-state index in [1.165, 1.54) is 17.8 Å². The molecular weight excluding hydrogens is 416 g/mol. The predicted molar refractivity (Wildman–Crippen MR) is 122 cm³/mol. The van der Waals surface area contributed by atoms with E-state index in [2.05, 4.69) is 4.99 Å². The number of ether oxygens (including phenoxy) is 2. The molecule has 0 saturated carbocycles. The smallest absolute Gasteiger partial charge is 0.335 e. The molecule has 0 aromatic heterocycles. The maximum Gasteiger partial charge on any atom is 0.335 e. The number of benzene rings is 2. The number of carboxylic acid groups (broad SMARTS) is 1. The van der Waals surface area contributed by atoms with Crippen LogP contribution in [0.1, 0.15) is 35.3 Å². The van der Waals surface area contributed by atoms with Crippen LogP contribution in [0.25, 0.3) is 6.08 Å². The van der Waals surface area contributed by atoms with E-state index in [1.807, 2.05) is 26.0 Å². The highest BCUT2D eigenvalue weighted by atomic mass is 32.2. The summed E-state index contributed by atoms with van der Waals surface area (Å²) in [6, 6.07) is 12.0. The van der Waals surface area contributed by atoms with Gasteiger partial charge in [0, 0.05) is 13.1 Å². The molecule has 162 valence electrons. The van der Waals surface area contributed by atoms with Crippen molar-refractivity contribution in [1.82, 2.24) is 4.90 Å². The summed E-state index contributed by atoms with van der Waals surface area (Å²) in [6.45, 7) is 5.26. The number of amidine groups is 1. The number of likely N-dealkylation sites (N-methyl/N-ethyl adjacent to an activating group) is 1. The van der Waals surface area contributed by atoms with Gasteiger partial charge in [0.15, 0.2) is 16.7 Å². The molecule has 2 aromatic carbocycles. The predicted octanol–water partition coefficient (Wildman–Crippen LogP) is 4.28. The number of aliphatic imine (C=N–C) groups is 1. The minimum atomic E-state index is -0.982. The number of nitrogens with zero attached hydrogens (tertiary/aromatic N) is 2. The summed E-state index contributed by atoms with van der Waals surface area (Å²) < 4.78 is 11.3. The van der Waals surface area contributed by atoms with Crippen molar-refractivity contribution in [2.24, 2.45) is 4.99 Å². The van der Waals surface area contributed by atoms with Crippen LogP contribution in [0, 0.1) is 0 Å². The first-order valence-electron chi connectivity index (χ1n) is 9.85. The SMILES string of the molecule is CCN=C1S/C(=C\c2ccc(OCc3cccc(C(=O)O)c3)c(OC)c2)C(=O)N1CC. The van der Waals surface area contributed by atoms with Crippen molar-refractivity contribution in [2.75, 3.05) is 20.2 Å². The van der Waals surface area contributed by atoms with Gasteiger partial charge in [-0.25, -0.2) is 4.79 Å². The number of carbonyl (C=O) groups is 2. The quantitative estimate of drug-likeness (QED) is 0.616. The minimum Gasteiger partial charge on any atom is -0.493 e. The van der Waals surface area contributed by atoms with Gasteiger partial charge in [0.25, 0.3) is 5.91 Å². The van der Waals surface area contributed by atoms with E-state index in [9.17, 15) is 9.59 Å². The lowest BCUT2D eigenvalue weighted by atomic mass is 10.1. The van der Waals surface area contributed by atoms with Gasteiger partial charge in [0.2, 0.25) is 0 Å². The number of hydrogen-bond donors (Lipinski definition) is 1. The van der Waals surface area contributed by atoms with Crippen LogP contribution in [0.3, 0.4) is 0 Å². The van der Waals surface area contributed by atoms with Crippen molar-refractivity contribution in [3.63, 3.8) is 0 Å². The zero-order valence-corrected chi connectivity index (χ0v) is 18.4. The molecule has 1 fully saturated rings. The second-order valence-electron chi connectivity index (χ2n) is 6.62. The summed E-state index contributed by atoms with van der Waals surface area (Å²) >= 11 is 1.37. The van der Waals surface area contributed by atoms with Crippen molar-refractivity contribution in [3.8, 4) is 11.5 Å². The monoisotopic (exact) mass is 440 g/mol. The van der Waals surface area contributed by atoms with Gasteiger partial charge in [-0.2, -0.15) is 0 Å². The summed E-state index contributed by atoms with van der Waals surface area (Å²) in [7, 11) is 1.55. The second-order valence-corrected chi connectivity index (χ2v) is 7.63. The first-order valence-corrected chi connectivity index (χ1v) is 10.7. The Hall–Kier alpha value is -3.26. The maximum absolute atomic E-state index is 12.6. The number of aromatic carboxylic acids is 1. The van der Waals surface area contributed by atoms with Gasteiger partial charge in [-0.05, 0) is 67.1 Å². The number of methoxy groups -OCH3 is 1. The van der Waals surface area contributed by atoms with E-state index in [0.29, 0.717) is 29.5 Å². The molecule has 1 amide bonds. The first-order chi connectivity index (χ1) is 15.0. The molecule has 1 aliphatic rings. The zero-order chi connectivity index (χ0) is 22.4. The van der Waals surface area contributed by atoms with E-state index in [-0.39, 0.29) is 18.1 Å². The van der Waals surface area contributed by atoms with E-state index in [0.717, 1.165) is 16.3 Å². The summed E-state index contributed by atoms with van der Waals surface area (Å²) in [5.41, 5.74) is 1.76. The Labute approximate surface area is 185 Å². The lowest BCUT2D eigenvalue weighted by Gasteiger charge is -2.12. The molecule has 0 radical (unpaired) electrons. The molecule has 0 spiro atoms. The van der Waals surface area contributed by atoms with Gasteiger partial charge in [0.05, 0.1) is 17.6 Å². The number of rotatable bonds is 8. The average Bonchev–Trinajstić information content (AvgIpc) is 3.07. The second kappa shape index (κ2) is 10.2. The average molecular weight is 441 g/mol. The lowest BCUT2D eigenvalue weighted by molar-refractivity contribution is -0.122. The van der Waals surface area contributed by atoms with Crippen LogP contribution in [0.5, 0.6) is 11.5 Å². The van der Waals surface area contributed by atoms with Gasteiger partial charge in [-0.15, -0.1) is 0 Å². The highest BCUT2D eigenvalue weighted by molar-refractivity contribution is 8.18. The molecule has 7 nitrogen and oxygen atoms in total. The van der Waals surface area contributed by atoms with Crippen LogP contribution < -0.4 is 9.47 Å². The van der Waals surface area contributed by atoms with Gasteiger partial charge < -0.3 is 14.6 Å². The van der Waals surface area contributed by atoms with Crippen LogP contribution >= 0.6 is 11.8 Å². The van der Waals surface area contributed by atoms with Crippen LogP contribution in [-0.2, 0) is 11.4 Å². The number of thioether (sulfide) groups is 1. The van der Waals surface area contributed by atoms with Crippen molar-refractivity contribution in [3.05, 3.63) is 64.1 Å². The van der Waals surface area contributed by atoms with Gasteiger partial charge in [-0.1, -0.05) is 18.2 Å². The number of amides is 1. The van der Waals surface area contributed by atoms with Crippen molar-refractivity contribution < 1.29 is 24.2 Å². The normalized spacial score (nSPS) is 16.2. The van der Waals surface area contributed by atoms with E-state index >= 15 is 0 Å². The van der Waals surface area contributed by atoms with Crippen LogP contribution in [0.2, 0.25) is 0 Å². The fourth-order valence-electron chi connectivity index (χ4n) is 3.04. The number of hydrogen-bond acceptors (Lipinski definition) is 6. The molecule has 8 heteroatoms. The van der Waals surface area contributed by atoms with Crippen LogP contribution in [0.4, 0.5) is 0 Å². The van der Waals surface area contributed by atoms with Crippen molar-refractivity contribution in [1.29, 1.82) is 0 Å². The summed E-state index contributed by atoms with van der Waals surface area (Å²) in [6.07, 6.45) is 1.82. The largest absolute Gasteiger partial charge is 0.493 e. The van der Waals surface area contributed by atoms with E-state index in [1.54, 1.807) is 42.3 Å². The van der Waals surface area contributed by atoms with E-state index < -0.39 is 5.97 Å². The highest BCUT2D eigenvalue weighted by Crippen LogP contribution is 2.34. The Balaban J connectivity index is 1.78. The van der Waals surface area contributed by atoms with Gasteiger partial charge in [-0.3, -0.25) is 14.7 Å². The molecular formula is C23H24N2O5S. The van der Waals surface area contributed by atoms with Gasteiger partial charge >= 0.3 is 5.97 Å². The Morgan fingerprint density at radius 2 is 2.00 bits per heavy atom. The first kappa shape index (κ1) is 22.4. The number of carboxylic acids is 1. The fraction of sp³-hybridized carbons (Fsp3) is 0.261. The molecule has 1 aliphatic heterocycles. The molecule has 1 heterocycles. The molecule has 3 rings (SSSR count). The molecule has 0 atom stereocenters. The molecule has 1 saturated heterocycles. The third-order valence-corrected chi connectivity index (χ3v) is 5.60. The molecule has 31 heavy (non-hydrogen) atoms. The highest BCUT2D eigenvalue weighted by Gasteiger charge is 2.31. The molecule has 1 N–H and O–H groups in total. The van der Waals surface area contributed by atoms with Gasteiger partial charge in [0.1, 0.15) is 6.61 Å². The Kier molecular flexibility index (Phi) is 7.36. The van der Waals surface area contributed by atoms with Crippen molar-refractivity contribution in [2.45, 2.75) is 20.5 Å². The summed E-state index contributed by atoms with van der Waals surface area (Å²) in [5, 5.41) is 9.84. The third kappa shape index (κ3) is 5.27. The topological polar surface area (TPSA) is 88.4 Å². The molecule has 0 unspecified atom stereocenters. The standard InChI is InChI=1S/C23H24N2O5S/c1-4-24-23-25(5-2)21(26)20(31-23)13-15-9-10-18(19(12-15)29-3)30-14-16-7-6-8-17(11-16)22(27)28/h6-13H,4-5,14H2,1-3H3,(H,27,28)/b20-13-,24-23?. The molecule has 0 bridgehead atoms. The van der Waals surface area contributed by atoms with E-state index in [4.69, 9.17) is 14.6 Å². The molecule has 2 aromatic rings. The van der Waals surface area contributed by atoms with Crippen molar-refractivity contribution >= 4 is 34.9 Å². The maximum atomic E-state index is 12.6. The fourth-order valence-corrected chi connectivity index (χ4v) is 4.14.